The van der Waals surface area contributed by atoms with Crippen LogP contribution in [0.4, 0.5) is 0 Å². The summed E-state index contributed by atoms with van der Waals surface area (Å²) < 4.78 is 6.68. The molecule has 2 heterocycles. The molecule has 0 bridgehead atoms. The molecule has 2 nitrogen and oxygen atoms in total. The average Bonchev–Trinajstić information content (AvgIpc) is 3.27. The van der Waals surface area contributed by atoms with Crippen LogP contribution in [0.3, 0.4) is 0 Å². The normalized spacial score (nSPS) is 15.2. The molecule has 2 heteroatoms. The van der Waals surface area contributed by atoms with Gasteiger partial charge in [-0.05, 0) is 76.8 Å². The second-order valence-corrected chi connectivity index (χ2v) is 11.1. The van der Waals surface area contributed by atoms with Gasteiger partial charge in [-0.15, -0.1) is 0 Å². The Morgan fingerprint density at radius 1 is 0.800 bits per heavy atom. The number of nitrogens with zero attached hydrogens (tertiary/aromatic N) is 1. The van der Waals surface area contributed by atoms with Gasteiger partial charge in [0.2, 0.25) is 0 Å². The third-order valence-electron chi connectivity index (χ3n) is 7.67. The lowest BCUT2D eigenvalue weighted by Gasteiger charge is -2.23. The van der Waals surface area contributed by atoms with Gasteiger partial charge in [-0.2, -0.15) is 0 Å². The Bertz CT molecular complexity index is 1500. The Labute approximate surface area is 208 Å². The van der Waals surface area contributed by atoms with Gasteiger partial charge in [0.1, 0.15) is 11.2 Å². The van der Waals surface area contributed by atoms with Crippen molar-refractivity contribution in [2.75, 3.05) is 0 Å². The number of benzene rings is 3. The third kappa shape index (κ3) is 4.05. The first kappa shape index (κ1) is 22.1. The topological polar surface area (TPSA) is 26.0 Å². The molecule has 0 aliphatic heterocycles. The Morgan fingerprint density at radius 3 is 2.37 bits per heavy atom. The second-order valence-electron chi connectivity index (χ2n) is 11.1. The van der Waals surface area contributed by atoms with Gasteiger partial charge >= 0.3 is 0 Å². The van der Waals surface area contributed by atoms with E-state index in [0.29, 0.717) is 5.92 Å². The van der Waals surface area contributed by atoms with Crippen molar-refractivity contribution in [3.63, 3.8) is 0 Å². The van der Waals surface area contributed by atoms with E-state index in [4.69, 9.17) is 9.40 Å². The minimum Gasteiger partial charge on any atom is -0.455 e. The molecular formula is C33H33NO. The van der Waals surface area contributed by atoms with Crippen LogP contribution in [0.15, 0.2) is 83.4 Å². The molecule has 0 amide bonds. The van der Waals surface area contributed by atoms with Crippen molar-refractivity contribution in [2.45, 2.75) is 64.2 Å². The molecule has 0 spiro atoms. The summed E-state index contributed by atoms with van der Waals surface area (Å²) in [5.41, 5.74) is 9.10. The van der Waals surface area contributed by atoms with E-state index in [-0.39, 0.29) is 5.41 Å². The van der Waals surface area contributed by atoms with Gasteiger partial charge in [-0.3, -0.25) is 4.98 Å². The van der Waals surface area contributed by atoms with Gasteiger partial charge in [0.25, 0.3) is 0 Å². The van der Waals surface area contributed by atoms with E-state index in [0.717, 1.165) is 22.4 Å². The van der Waals surface area contributed by atoms with E-state index >= 15 is 0 Å². The quantitative estimate of drug-likeness (QED) is 0.268. The first-order chi connectivity index (χ1) is 17.0. The zero-order chi connectivity index (χ0) is 24.0. The summed E-state index contributed by atoms with van der Waals surface area (Å²) >= 11 is 0. The fourth-order valence-electron chi connectivity index (χ4n) is 5.80. The van der Waals surface area contributed by atoms with Crippen molar-refractivity contribution < 1.29 is 4.42 Å². The summed E-state index contributed by atoms with van der Waals surface area (Å²) in [6.07, 6.45) is 8.59. The van der Waals surface area contributed by atoms with E-state index in [2.05, 4.69) is 93.6 Å². The lowest BCUT2D eigenvalue weighted by atomic mass is 9.82. The Kier molecular flexibility index (Phi) is 5.48. The van der Waals surface area contributed by atoms with Crippen molar-refractivity contribution in [1.82, 2.24) is 4.98 Å². The van der Waals surface area contributed by atoms with Crippen molar-refractivity contribution in [3.05, 3.63) is 90.1 Å². The highest BCUT2D eigenvalue weighted by molar-refractivity contribution is 6.12. The molecule has 0 unspecified atom stereocenters. The zero-order valence-electron chi connectivity index (χ0n) is 21.0. The molecule has 176 valence electrons. The van der Waals surface area contributed by atoms with Crippen LogP contribution in [-0.4, -0.2) is 4.98 Å². The van der Waals surface area contributed by atoms with Crippen LogP contribution in [0, 0.1) is 0 Å². The van der Waals surface area contributed by atoms with E-state index in [1.165, 1.54) is 65.1 Å². The van der Waals surface area contributed by atoms with E-state index in [9.17, 15) is 0 Å². The summed E-state index contributed by atoms with van der Waals surface area (Å²) in [5.74, 6) is 0.652. The first-order valence-electron chi connectivity index (χ1n) is 13.0. The SMILES string of the molecule is CC(C)(C)c1ccc(-c2cc(C3CCCCC3)ccn2)c2oc3cc(-c4ccccc4)ccc3c12. The smallest absolute Gasteiger partial charge is 0.145 e. The van der Waals surface area contributed by atoms with Crippen LogP contribution in [0.5, 0.6) is 0 Å². The van der Waals surface area contributed by atoms with Gasteiger partial charge in [0.05, 0.1) is 5.69 Å². The van der Waals surface area contributed by atoms with E-state index in [1.807, 2.05) is 6.20 Å². The molecular weight excluding hydrogens is 426 g/mol. The van der Waals surface area contributed by atoms with Gasteiger partial charge in [-0.25, -0.2) is 0 Å². The summed E-state index contributed by atoms with van der Waals surface area (Å²) in [6.45, 7) is 6.84. The summed E-state index contributed by atoms with van der Waals surface area (Å²) in [6, 6.07) is 26.2. The second kappa shape index (κ2) is 8.68. The maximum Gasteiger partial charge on any atom is 0.145 e. The largest absolute Gasteiger partial charge is 0.455 e. The molecule has 2 aromatic heterocycles. The molecule has 1 aliphatic carbocycles. The Balaban J connectivity index is 1.55. The number of pyridine rings is 1. The molecule has 5 aromatic rings. The van der Waals surface area contributed by atoms with E-state index in [1.54, 1.807) is 0 Å². The highest BCUT2D eigenvalue weighted by Crippen LogP contribution is 2.43. The molecule has 0 saturated heterocycles. The lowest BCUT2D eigenvalue weighted by Crippen LogP contribution is -2.11. The molecule has 3 aromatic carbocycles. The minimum atomic E-state index is 0.00303. The number of aromatic nitrogens is 1. The maximum absolute atomic E-state index is 6.68. The maximum atomic E-state index is 6.68. The molecule has 1 saturated carbocycles. The number of furan rings is 1. The fourth-order valence-corrected chi connectivity index (χ4v) is 5.80. The monoisotopic (exact) mass is 459 g/mol. The number of fused-ring (bicyclic) bond motifs is 3. The van der Waals surface area contributed by atoms with Crippen molar-refractivity contribution in [2.24, 2.45) is 0 Å². The van der Waals surface area contributed by atoms with Crippen LogP contribution in [-0.2, 0) is 5.41 Å². The van der Waals surface area contributed by atoms with Crippen molar-refractivity contribution in [1.29, 1.82) is 0 Å². The number of rotatable bonds is 3. The average molecular weight is 460 g/mol. The standard InChI is InChI=1S/C33H33NO/c1-33(2,3)28-17-16-26(29-20-25(18-19-34-29)23-12-8-5-9-13-23)32-31(28)27-15-14-24(21-30(27)35-32)22-10-6-4-7-11-22/h4,6-7,10-11,14-21,23H,5,8-9,12-13H2,1-3H3. The Morgan fingerprint density at radius 2 is 1.60 bits per heavy atom. The predicted molar refractivity (Wildman–Crippen MR) is 147 cm³/mol. The molecule has 1 aliphatic rings. The highest BCUT2D eigenvalue weighted by atomic mass is 16.3. The molecule has 35 heavy (non-hydrogen) atoms. The van der Waals surface area contributed by atoms with Crippen LogP contribution in [0.2, 0.25) is 0 Å². The van der Waals surface area contributed by atoms with Gasteiger partial charge in [0, 0.05) is 22.5 Å². The van der Waals surface area contributed by atoms with Gasteiger partial charge in [0.15, 0.2) is 0 Å². The first-order valence-corrected chi connectivity index (χ1v) is 13.0. The molecule has 0 atom stereocenters. The molecule has 0 radical (unpaired) electrons. The van der Waals surface area contributed by atoms with Crippen LogP contribution in [0.25, 0.3) is 44.3 Å². The molecule has 0 N–H and O–H groups in total. The minimum absolute atomic E-state index is 0.00303. The zero-order valence-corrected chi connectivity index (χ0v) is 21.0. The summed E-state index contributed by atoms with van der Waals surface area (Å²) in [7, 11) is 0. The number of hydrogen-bond acceptors (Lipinski definition) is 2. The highest BCUT2D eigenvalue weighted by Gasteiger charge is 2.24. The van der Waals surface area contributed by atoms with Crippen LogP contribution >= 0.6 is 0 Å². The lowest BCUT2D eigenvalue weighted by molar-refractivity contribution is 0.443. The fraction of sp³-hybridized carbons (Fsp3) is 0.303. The van der Waals surface area contributed by atoms with E-state index < -0.39 is 0 Å². The molecule has 1 fully saturated rings. The number of hydrogen-bond donors (Lipinski definition) is 0. The third-order valence-corrected chi connectivity index (χ3v) is 7.67. The van der Waals surface area contributed by atoms with Crippen LogP contribution < -0.4 is 0 Å². The summed E-state index contributed by atoms with van der Waals surface area (Å²) in [4.78, 5) is 4.82. The Hall–Kier alpha value is -3.39. The predicted octanol–water partition coefficient (Wildman–Crippen LogP) is 9.66. The van der Waals surface area contributed by atoms with Crippen molar-refractivity contribution >= 4 is 21.9 Å². The van der Waals surface area contributed by atoms with Gasteiger partial charge < -0.3 is 4.42 Å². The molecule has 6 rings (SSSR count). The summed E-state index contributed by atoms with van der Waals surface area (Å²) in [5, 5.41) is 2.39. The van der Waals surface area contributed by atoms with Gasteiger partial charge in [-0.1, -0.05) is 82.5 Å². The van der Waals surface area contributed by atoms with Crippen LogP contribution in [0.1, 0.15) is 69.9 Å². The van der Waals surface area contributed by atoms with Crippen molar-refractivity contribution in [3.8, 4) is 22.4 Å².